The van der Waals surface area contributed by atoms with Crippen molar-refractivity contribution in [2.24, 2.45) is 7.05 Å². The predicted octanol–water partition coefficient (Wildman–Crippen LogP) is 2.18. The summed E-state index contributed by atoms with van der Waals surface area (Å²) in [5.41, 5.74) is 2.06. The van der Waals surface area contributed by atoms with Crippen molar-refractivity contribution < 1.29 is 9.15 Å². The van der Waals surface area contributed by atoms with E-state index in [4.69, 9.17) is 9.15 Å². The molecule has 0 aromatic carbocycles. The third-order valence-electron chi connectivity index (χ3n) is 3.04. The van der Waals surface area contributed by atoms with Crippen molar-refractivity contribution in [2.75, 3.05) is 7.11 Å². The molecule has 98 valence electrons. The molecule has 2 rings (SSSR count). The number of nitrogens with one attached hydrogen (secondary N) is 1. The molecule has 1 atom stereocenters. The largest absolute Gasteiger partial charge is 0.481 e. The van der Waals surface area contributed by atoms with Crippen molar-refractivity contribution in [3.05, 3.63) is 35.4 Å². The third-order valence-corrected chi connectivity index (χ3v) is 3.04. The summed E-state index contributed by atoms with van der Waals surface area (Å²) in [5, 5.41) is 7.75. The van der Waals surface area contributed by atoms with Gasteiger partial charge in [0, 0.05) is 13.6 Å². The number of aryl methyl sites for hydroxylation is 2. The number of ether oxygens (including phenoxy) is 1. The molecule has 0 radical (unpaired) electrons. The van der Waals surface area contributed by atoms with E-state index in [1.54, 1.807) is 18.1 Å². The van der Waals surface area contributed by atoms with Gasteiger partial charge in [-0.15, -0.1) is 0 Å². The smallest absolute Gasteiger partial charge is 0.216 e. The van der Waals surface area contributed by atoms with Gasteiger partial charge in [-0.05, 0) is 26.0 Å². The lowest BCUT2D eigenvalue weighted by Crippen LogP contribution is -2.18. The normalized spacial score (nSPS) is 12.7. The molecular formula is C13H19N3O2. The lowest BCUT2D eigenvalue weighted by molar-refractivity contribution is 0.365. The van der Waals surface area contributed by atoms with Crippen LogP contribution in [-0.4, -0.2) is 16.9 Å². The molecule has 2 aromatic heterocycles. The Morgan fingerprint density at radius 2 is 2.33 bits per heavy atom. The Morgan fingerprint density at radius 1 is 1.56 bits per heavy atom. The van der Waals surface area contributed by atoms with E-state index in [0.29, 0.717) is 6.54 Å². The van der Waals surface area contributed by atoms with Crippen LogP contribution in [0.1, 0.15) is 30.0 Å². The molecule has 0 spiro atoms. The summed E-state index contributed by atoms with van der Waals surface area (Å²) in [6, 6.07) is 4.01. The predicted molar refractivity (Wildman–Crippen MR) is 68.5 cm³/mol. The SMILES string of the molecule is COc1c(CN[C@H](C)c2ccco2)c(C)nn1C. The van der Waals surface area contributed by atoms with Crippen LogP contribution >= 0.6 is 0 Å². The van der Waals surface area contributed by atoms with Crippen LogP contribution in [0.3, 0.4) is 0 Å². The summed E-state index contributed by atoms with van der Waals surface area (Å²) in [6.45, 7) is 4.75. The Morgan fingerprint density at radius 3 is 2.94 bits per heavy atom. The zero-order chi connectivity index (χ0) is 13.1. The highest BCUT2D eigenvalue weighted by atomic mass is 16.5. The Bertz CT molecular complexity index is 503. The molecule has 18 heavy (non-hydrogen) atoms. The van der Waals surface area contributed by atoms with E-state index >= 15 is 0 Å². The first kappa shape index (κ1) is 12.7. The van der Waals surface area contributed by atoms with Crippen LogP contribution in [0.25, 0.3) is 0 Å². The minimum absolute atomic E-state index is 0.157. The van der Waals surface area contributed by atoms with Gasteiger partial charge >= 0.3 is 0 Å². The summed E-state index contributed by atoms with van der Waals surface area (Å²) < 4.78 is 12.5. The number of rotatable bonds is 5. The molecule has 0 fully saturated rings. The molecular weight excluding hydrogens is 230 g/mol. The second-order valence-corrected chi connectivity index (χ2v) is 4.31. The molecule has 0 aliphatic heterocycles. The Balaban J connectivity index is 2.06. The summed E-state index contributed by atoms with van der Waals surface area (Å²) in [4.78, 5) is 0. The second-order valence-electron chi connectivity index (χ2n) is 4.31. The van der Waals surface area contributed by atoms with Crippen LogP contribution in [0.15, 0.2) is 22.8 Å². The molecule has 1 N–H and O–H groups in total. The molecule has 0 aliphatic rings. The maximum absolute atomic E-state index is 5.36. The molecule has 5 heteroatoms. The fourth-order valence-corrected chi connectivity index (χ4v) is 2.03. The summed E-state index contributed by atoms with van der Waals surface area (Å²) in [6.07, 6.45) is 1.68. The molecule has 2 heterocycles. The molecule has 0 amide bonds. The van der Waals surface area contributed by atoms with Crippen molar-refractivity contribution >= 4 is 0 Å². The topological polar surface area (TPSA) is 52.2 Å². The minimum atomic E-state index is 0.157. The van der Waals surface area contributed by atoms with Crippen molar-refractivity contribution in [3.63, 3.8) is 0 Å². The van der Waals surface area contributed by atoms with Crippen LogP contribution in [0.4, 0.5) is 0 Å². The monoisotopic (exact) mass is 249 g/mol. The number of hydrogen-bond acceptors (Lipinski definition) is 4. The first-order valence-electron chi connectivity index (χ1n) is 5.96. The second kappa shape index (κ2) is 5.27. The number of furan rings is 1. The van der Waals surface area contributed by atoms with Crippen LogP contribution in [0, 0.1) is 6.92 Å². The molecule has 0 saturated carbocycles. The average Bonchev–Trinajstić information content (AvgIpc) is 2.94. The zero-order valence-electron chi connectivity index (χ0n) is 11.2. The minimum Gasteiger partial charge on any atom is -0.481 e. The van der Waals surface area contributed by atoms with Gasteiger partial charge in [0.15, 0.2) is 0 Å². The standard InChI is InChI=1S/C13H19N3O2/c1-9-11(13(17-4)16(3)15-9)8-14-10(2)12-6-5-7-18-12/h5-7,10,14H,8H2,1-4H3/t10-/m1/s1. The van der Waals surface area contributed by atoms with Crippen LogP contribution in [0.2, 0.25) is 0 Å². The van der Waals surface area contributed by atoms with Gasteiger partial charge in [0.25, 0.3) is 0 Å². The van der Waals surface area contributed by atoms with Gasteiger partial charge in [0.05, 0.1) is 30.7 Å². The number of hydrogen-bond donors (Lipinski definition) is 1. The lowest BCUT2D eigenvalue weighted by Gasteiger charge is -2.11. The first-order chi connectivity index (χ1) is 8.63. The van der Waals surface area contributed by atoms with Gasteiger partial charge < -0.3 is 14.5 Å². The number of nitrogens with zero attached hydrogens (tertiary/aromatic N) is 2. The molecule has 2 aromatic rings. The third kappa shape index (κ3) is 2.41. The van der Waals surface area contributed by atoms with E-state index in [2.05, 4.69) is 17.3 Å². The van der Waals surface area contributed by atoms with Crippen LogP contribution in [-0.2, 0) is 13.6 Å². The maximum atomic E-state index is 5.36. The van der Waals surface area contributed by atoms with Gasteiger partial charge in [0.1, 0.15) is 5.76 Å². The van der Waals surface area contributed by atoms with Crippen LogP contribution < -0.4 is 10.1 Å². The fourth-order valence-electron chi connectivity index (χ4n) is 2.03. The lowest BCUT2D eigenvalue weighted by atomic mass is 10.2. The average molecular weight is 249 g/mol. The molecule has 0 bridgehead atoms. The van der Waals surface area contributed by atoms with Crippen molar-refractivity contribution in [3.8, 4) is 5.88 Å². The van der Waals surface area contributed by atoms with Crippen molar-refractivity contribution in [1.82, 2.24) is 15.1 Å². The Kier molecular flexibility index (Phi) is 3.72. The van der Waals surface area contributed by atoms with E-state index in [0.717, 1.165) is 22.9 Å². The quantitative estimate of drug-likeness (QED) is 0.882. The van der Waals surface area contributed by atoms with E-state index < -0.39 is 0 Å². The van der Waals surface area contributed by atoms with Gasteiger partial charge in [0.2, 0.25) is 5.88 Å². The fraction of sp³-hybridized carbons (Fsp3) is 0.462. The van der Waals surface area contributed by atoms with E-state index in [1.807, 2.05) is 26.1 Å². The van der Waals surface area contributed by atoms with E-state index in [-0.39, 0.29) is 6.04 Å². The van der Waals surface area contributed by atoms with Gasteiger partial charge in [-0.1, -0.05) is 0 Å². The van der Waals surface area contributed by atoms with Gasteiger partial charge in [-0.25, -0.2) is 4.68 Å². The number of methoxy groups -OCH3 is 1. The highest BCUT2D eigenvalue weighted by molar-refractivity contribution is 5.30. The van der Waals surface area contributed by atoms with E-state index in [1.165, 1.54) is 0 Å². The summed E-state index contributed by atoms with van der Waals surface area (Å²) in [5.74, 6) is 1.72. The van der Waals surface area contributed by atoms with Gasteiger partial charge in [-0.3, -0.25) is 0 Å². The van der Waals surface area contributed by atoms with Crippen molar-refractivity contribution in [1.29, 1.82) is 0 Å². The summed E-state index contributed by atoms with van der Waals surface area (Å²) >= 11 is 0. The first-order valence-corrected chi connectivity index (χ1v) is 5.96. The molecule has 5 nitrogen and oxygen atoms in total. The number of aromatic nitrogens is 2. The van der Waals surface area contributed by atoms with E-state index in [9.17, 15) is 0 Å². The highest BCUT2D eigenvalue weighted by Crippen LogP contribution is 2.22. The van der Waals surface area contributed by atoms with Crippen LogP contribution in [0.5, 0.6) is 5.88 Å². The molecule has 0 saturated heterocycles. The van der Waals surface area contributed by atoms with Crippen molar-refractivity contribution in [2.45, 2.75) is 26.4 Å². The Labute approximate surface area is 107 Å². The zero-order valence-corrected chi connectivity index (χ0v) is 11.2. The molecule has 0 aliphatic carbocycles. The highest BCUT2D eigenvalue weighted by Gasteiger charge is 2.15. The summed E-state index contributed by atoms with van der Waals surface area (Å²) in [7, 11) is 3.54. The maximum Gasteiger partial charge on any atom is 0.216 e. The Hall–Kier alpha value is -1.75. The van der Waals surface area contributed by atoms with Gasteiger partial charge in [-0.2, -0.15) is 5.10 Å². The molecule has 0 unspecified atom stereocenters.